The third-order valence-corrected chi connectivity index (χ3v) is 15.9. The minimum Gasteiger partial charge on any atom is -0.488 e. The van der Waals surface area contributed by atoms with Crippen molar-refractivity contribution < 1.29 is 38.0 Å². The molecule has 0 unspecified atom stereocenters. The van der Waals surface area contributed by atoms with Crippen molar-refractivity contribution >= 4 is 80.2 Å². The Labute approximate surface area is 559 Å². The van der Waals surface area contributed by atoms with Gasteiger partial charge in [0.1, 0.15) is 72.8 Å². The summed E-state index contributed by atoms with van der Waals surface area (Å²) in [4.78, 5) is 60.5. The summed E-state index contributed by atoms with van der Waals surface area (Å²) in [5, 5.41) is 13.4. The molecular formula is C71H85N17O8. The third-order valence-electron chi connectivity index (χ3n) is 15.9. The lowest BCUT2D eigenvalue weighted by Gasteiger charge is -2.28. The maximum atomic E-state index is 11.3. The number of H-pyrrole nitrogens is 2. The molecule has 13 rings (SSSR count). The molecule has 25 nitrogen and oxygen atoms in total. The molecule has 3 aliphatic heterocycles. The number of hydrogen-bond donors (Lipinski definition) is 5. The van der Waals surface area contributed by atoms with Crippen LogP contribution in [0, 0.1) is 34.6 Å². The summed E-state index contributed by atoms with van der Waals surface area (Å²) < 4.78 is 39.5. The van der Waals surface area contributed by atoms with Crippen LogP contribution in [0.15, 0.2) is 133 Å². The normalized spacial score (nSPS) is 13.8. The number of carbonyl (C=O) groups is 1. The number of benzene rings is 3. The first kappa shape index (κ1) is 68.4. The summed E-state index contributed by atoms with van der Waals surface area (Å²) in [7, 11) is 0. The Hall–Kier alpha value is -10.5. The van der Waals surface area contributed by atoms with E-state index in [1.807, 2.05) is 79.7 Å². The second-order valence-electron chi connectivity index (χ2n) is 22.9. The van der Waals surface area contributed by atoms with Gasteiger partial charge in [0.2, 0.25) is 11.8 Å². The smallest absolute Gasteiger partial charge is 0.320 e. The van der Waals surface area contributed by atoms with E-state index in [2.05, 4.69) is 139 Å². The lowest BCUT2D eigenvalue weighted by Crippen LogP contribution is -2.37. The van der Waals surface area contributed by atoms with E-state index in [0.717, 1.165) is 84.7 Å². The number of hydrazone groups is 1. The average Bonchev–Trinajstić information content (AvgIpc) is 1.69. The van der Waals surface area contributed by atoms with Crippen LogP contribution in [0.1, 0.15) is 60.2 Å². The number of Topliss-reactive ketones (excluding diaryl/α,β-unsaturated/α-hetero) is 1. The van der Waals surface area contributed by atoms with Gasteiger partial charge in [0.25, 0.3) is 0 Å². The number of nitrogens with zero attached hydrogens (tertiary/aromatic N) is 12. The molecule has 3 aromatic carbocycles. The van der Waals surface area contributed by atoms with E-state index < -0.39 is 0 Å². The molecule has 0 amide bonds. The molecule has 25 heteroatoms. The number of hydrogen-bond acceptors (Lipinski definition) is 23. The van der Waals surface area contributed by atoms with Crippen LogP contribution in [0.4, 0.5) is 46.4 Å². The Kier molecular flexibility index (Phi) is 24.3. The van der Waals surface area contributed by atoms with Crippen LogP contribution in [-0.4, -0.2) is 167 Å². The number of ketones is 1. The zero-order valence-corrected chi connectivity index (χ0v) is 54.6. The van der Waals surface area contributed by atoms with Crippen molar-refractivity contribution in [1.29, 1.82) is 0 Å². The van der Waals surface area contributed by atoms with Gasteiger partial charge in [-0.25, -0.2) is 9.97 Å². The number of aromatic amines is 2. The molecule has 10 heterocycles. The number of anilines is 8. The quantitative estimate of drug-likeness (QED) is 0.0226. The van der Waals surface area contributed by atoms with Crippen molar-refractivity contribution in [3.63, 3.8) is 0 Å². The molecular weight excluding hydrogens is 1220 g/mol. The second kappa shape index (κ2) is 34.1. The van der Waals surface area contributed by atoms with Gasteiger partial charge in [-0.15, -0.1) is 0 Å². The fourth-order valence-corrected chi connectivity index (χ4v) is 10.6. The summed E-state index contributed by atoms with van der Waals surface area (Å²) in [6, 6.07) is 33.9. The Morgan fingerprint density at radius 1 is 0.562 bits per heavy atom. The van der Waals surface area contributed by atoms with Crippen LogP contribution >= 0.6 is 0 Å². The summed E-state index contributed by atoms with van der Waals surface area (Å²) in [6.45, 7) is 22.2. The molecule has 5 N–H and O–H groups in total. The fraction of sp³-hybridized carbons (Fsp3) is 0.352. The van der Waals surface area contributed by atoms with Gasteiger partial charge in [-0.1, -0.05) is 37.3 Å². The van der Waals surface area contributed by atoms with Crippen molar-refractivity contribution in [3.8, 4) is 23.4 Å². The largest absolute Gasteiger partial charge is 0.488 e. The van der Waals surface area contributed by atoms with Crippen LogP contribution in [0.5, 0.6) is 23.4 Å². The van der Waals surface area contributed by atoms with Gasteiger partial charge >= 0.3 is 6.01 Å². The van der Waals surface area contributed by atoms with Crippen molar-refractivity contribution in [2.45, 2.75) is 61.8 Å². The van der Waals surface area contributed by atoms with Gasteiger partial charge in [-0.05, 0) is 119 Å². The molecule has 0 aliphatic carbocycles. The Bertz CT molecular complexity index is 3960. The van der Waals surface area contributed by atoms with E-state index in [1.54, 1.807) is 37.9 Å². The number of nitrogens with one attached hydrogen (secondary N) is 5. The molecule has 0 saturated carbocycles. The second-order valence-corrected chi connectivity index (χ2v) is 22.9. The highest BCUT2D eigenvalue weighted by atomic mass is 16.5. The third kappa shape index (κ3) is 19.5. The molecule has 10 aromatic rings. The van der Waals surface area contributed by atoms with Crippen LogP contribution in [0.25, 0.3) is 21.8 Å². The number of aromatic nitrogens is 10. The number of aryl methyl sites for hydroxylation is 6. The fourth-order valence-electron chi connectivity index (χ4n) is 10.6. The van der Waals surface area contributed by atoms with E-state index >= 15 is 0 Å². The van der Waals surface area contributed by atoms with Crippen molar-refractivity contribution in [2.75, 3.05) is 136 Å². The summed E-state index contributed by atoms with van der Waals surface area (Å²) >= 11 is 0. The number of ether oxygens (including phenoxy) is 7. The Morgan fingerprint density at radius 2 is 1.10 bits per heavy atom. The van der Waals surface area contributed by atoms with Crippen LogP contribution in [0.3, 0.4) is 0 Å². The van der Waals surface area contributed by atoms with E-state index in [4.69, 9.17) is 38.1 Å². The minimum absolute atomic E-state index is 0. The molecule has 0 spiro atoms. The highest BCUT2D eigenvalue weighted by Gasteiger charge is 2.20. The van der Waals surface area contributed by atoms with Gasteiger partial charge in [-0.2, -0.15) is 25.0 Å². The lowest BCUT2D eigenvalue weighted by molar-refractivity contribution is -0.117. The minimum atomic E-state index is 0. The first-order chi connectivity index (χ1) is 46.4. The highest BCUT2D eigenvalue weighted by molar-refractivity contribution is 5.89. The molecule has 502 valence electrons. The zero-order valence-electron chi connectivity index (χ0n) is 54.6. The Balaban J connectivity index is 0.000000157. The van der Waals surface area contributed by atoms with Crippen LogP contribution < -0.4 is 49.7 Å². The molecule has 0 bridgehead atoms. The van der Waals surface area contributed by atoms with Crippen molar-refractivity contribution in [2.24, 2.45) is 5.10 Å². The van der Waals surface area contributed by atoms with E-state index in [-0.39, 0.29) is 13.2 Å². The zero-order chi connectivity index (χ0) is 65.7. The van der Waals surface area contributed by atoms with Crippen molar-refractivity contribution in [1.82, 2.24) is 49.8 Å². The van der Waals surface area contributed by atoms with Gasteiger partial charge in [0.05, 0.1) is 58.2 Å². The van der Waals surface area contributed by atoms with Crippen molar-refractivity contribution in [3.05, 3.63) is 167 Å². The molecule has 7 aromatic heterocycles. The predicted molar refractivity (Wildman–Crippen MR) is 376 cm³/mol. The molecule has 3 saturated heterocycles. The maximum absolute atomic E-state index is 11.3. The average molecular weight is 1300 g/mol. The molecule has 0 radical (unpaired) electrons. The molecule has 96 heavy (non-hydrogen) atoms. The number of fused-ring (bicyclic) bond motifs is 2. The van der Waals surface area contributed by atoms with Gasteiger partial charge in [0, 0.05) is 127 Å². The monoisotopic (exact) mass is 1300 g/mol. The predicted octanol–water partition coefficient (Wildman–Crippen LogP) is 11.2. The summed E-state index contributed by atoms with van der Waals surface area (Å²) in [5.74, 6) is 6.87. The lowest BCUT2D eigenvalue weighted by atomic mass is 10.1. The molecule has 3 fully saturated rings. The standard InChI is InChI=1S/2C25H28N6O3.C20H25N5O2.CH4/c1-17-18(2)27-22-6-5-19(14-21(17)22)28-25-29-23(31-8-10-32-11-9-31)15-24(30-25)34-13-12-33-20-4-3-7-26-16-20;1-17-18(2)27-22-6-5-19(14-21(17)22)28-23-15-24(31-8-10-32-11-9-31)30-25(29-23)34-13-12-33-20-4-3-7-26-16-20;1-15-4-3-5-17(12-15)14-21-24-19-13-20(25-8-10-27-11-9-25)23-18(22-19)7-6-16(2)26;/h2*3-7,14-16,27H,8-13H2,1-2H3,(H,28,29,30);3-5,12-14H,6-11H2,1-2H3,(H,22,23,24);1H4/b;;21-14+;. The topological polar surface area (TPSA) is 275 Å². The van der Waals surface area contributed by atoms with Crippen LogP contribution in [-0.2, 0) is 25.4 Å². The van der Waals surface area contributed by atoms with E-state index in [0.29, 0.717) is 126 Å². The maximum Gasteiger partial charge on any atom is 0.320 e. The van der Waals surface area contributed by atoms with Crippen LogP contribution in [0.2, 0.25) is 0 Å². The number of carbonyl (C=O) groups excluding carboxylic acids is 1. The van der Waals surface area contributed by atoms with E-state index in [1.165, 1.54) is 38.9 Å². The number of pyridine rings is 2. The Morgan fingerprint density at radius 3 is 1.67 bits per heavy atom. The molecule has 3 aliphatic rings. The van der Waals surface area contributed by atoms with Gasteiger partial charge in [0.15, 0.2) is 5.82 Å². The van der Waals surface area contributed by atoms with Gasteiger partial charge < -0.3 is 73.3 Å². The number of morpholine rings is 3. The first-order valence-corrected chi connectivity index (χ1v) is 31.9. The molecule has 0 atom stereocenters. The summed E-state index contributed by atoms with van der Waals surface area (Å²) in [6.07, 6.45) is 9.47. The SMILES string of the molecule is C.CC(=O)CCc1nc(N/N=C/c2cccc(C)c2)cc(N2CCOCC2)n1.Cc1[nH]c2ccc(Nc3cc(N4CCOCC4)nc(OCCOc4cccnc4)n3)cc2c1C.Cc1[nH]c2ccc(Nc3nc(OCCOc4cccnc4)cc(N4CCOCC4)n3)cc2c1C. The van der Waals surface area contributed by atoms with Gasteiger partial charge in [-0.3, -0.25) is 15.4 Å². The first-order valence-electron chi connectivity index (χ1n) is 31.9. The number of rotatable bonds is 23. The highest BCUT2D eigenvalue weighted by Crippen LogP contribution is 2.31. The summed E-state index contributed by atoms with van der Waals surface area (Å²) in [5.41, 5.74) is 14.1. The van der Waals surface area contributed by atoms with E-state index in [9.17, 15) is 4.79 Å².